The van der Waals surface area contributed by atoms with E-state index >= 15 is 8.78 Å². The van der Waals surface area contributed by atoms with Gasteiger partial charge in [0.15, 0.2) is 23.5 Å². The molecular weight excluding hydrogens is 366 g/mol. The van der Waals surface area contributed by atoms with Crippen LogP contribution in [0.5, 0.6) is 0 Å². The number of hydrogen-bond donors (Lipinski definition) is 2. The maximum atomic E-state index is 16.8. The van der Waals surface area contributed by atoms with Crippen LogP contribution in [0.25, 0.3) is 0 Å². The summed E-state index contributed by atoms with van der Waals surface area (Å²) in [6, 6.07) is 0. The molecule has 0 aromatic carbocycles. The molecule has 0 radical (unpaired) electrons. The predicted octanol–water partition coefficient (Wildman–Crippen LogP) is 3.56. The van der Waals surface area contributed by atoms with Gasteiger partial charge in [-0.1, -0.05) is 19.9 Å². The highest BCUT2D eigenvalue weighted by molar-refractivity contribution is 6.01. The van der Waals surface area contributed by atoms with Crippen LogP contribution >= 0.6 is 0 Å². The molecule has 152 valence electrons. The number of ketones is 1. The van der Waals surface area contributed by atoms with E-state index in [9.17, 15) is 19.8 Å². The first-order valence-corrected chi connectivity index (χ1v) is 9.85. The summed E-state index contributed by atoms with van der Waals surface area (Å²) in [5, 5.41) is 21.3. The minimum atomic E-state index is -2.13. The number of aldehydes is 1. The minimum Gasteiger partial charge on any atom is -0.505 e. The molecule has 6 heteroatoms. The van der Waals surface area contributed by atoms with Crippen molar-refractivity contribution >= 4 is 12.1 Å². The van der Waals surface area contributed by atoms with Gasteiger partial charge in [0.05, 0.1) is 6.10 Å². The van der Waals surface area contributed by atoms with E-state index in [4.69, 9.17) is 0 Å². The van der Waals surface area contributed by atoms with Crippen LogP contribution in [0.1, 0.15) is 40.0 Å². The molecule has 0 aromatic rings. The van der Waals surface area contributed by atoms with Gasteiger partial charge in [-0.15, -0.1) is 0 Å². The third kappa shape index (κ3) is 2.13. The molecule has 3 fully saturated rings. The van der Waals surface area contributed by atoms with Crippen molar-refractivity contribution in [2.45, 2.75) is 58.0 Å². The molecule has 4 nitrogen and oxygen atoms in total. The van der Waals surface area contributed by atoms with Crippen molar-refractivity contribution in [2.24, 2.45) is 28.6 Å². The second-order valence-electron chi connectivity index (χ2n) is 9.41. The SMILES string of the molecule is C[C@@H]1C[C@H]2[C@@H]3C[C@H](F)C4=CC(=O)C=C[C@]4(C)[C@@]3(F)[C@@H](O)C[C@]2(C)/C1=C(/O)C=O. The molecular formula is C22H26F2O4. The maximum absolute atomic E-state index is 16.8. The first kappa shape index (κ1) is 19.5. The van der Waals surface area contributed by atoms with E-state index in [1.807, 2.05) is 13.8 Å². The average molecular weight is 392 g/mol. The fourth-order valence-corrected chi connectivity index (χ4v) is 6.97. The zero-order valence-corrected chi connectivity index (χ0v) is 16.3. The first-order valence-electron chi connectivity index (χ1n) is 9.85. The molecule has 0 unspecified atom stereocenters. The number of aliphatic hydroxyl groups is 2. The van der Waals surface area contributed by atoms with Crippen LogP contribution in [0.4, 0.5) is 8.78 Å². The molecule has 0 bridgehead atoms. The van der Waals surface area contributed by atoms with Crippen LogP contribution < -0.4 is 0 Å². The van der Waals surface area contributed by atoms with Crippen molar-refractivity contribution in [3.05, 3.63) is 35.1 Å². The Kier molecular flexibility index (Phi) is 4.07. The zero-order valence-electron chi connectivity index (χ0n) is 16.3. The molecule has 0 heterocycles. The van der Waals surface area contributed by atoms with Gasteiger partial charge < -0.3 is 10.2 Å². The predicted molar refractivity (Wildman–Crippen MR) is 98.9 cm³/mol. The number of aliphatic hydroxyl groups excluding tert-OH is 2. The molecule has 0 spiro atoms. The van der Waals surface area contributed by atoms with Crippen molar-refractivity contribution in [2.75, 3.05) is 0 Å². The van der Waals surface area contributed by atoms with E-state index in [1.165, 1.54) is 18.2 Å². The normalized spacial score (nSPS) is 51.7. The van der Waals surface area contributed by atoms with Crippen molar-refractivity contribution in [1.29, 1.82) is 0 Å². The van der Waals surface area contributed by atoms with Crippen molar-refractivity contribution in [3.8, 4) is 0 Å². The van der Waals surface area contributed by atoms with Crippen LogP contribution in [-0.2, 0) is 9.59 Å². The highest BCUT2D eigenvalue weighted by Crippen LogP contribution is 2.70. The second-order valence-corrected chi connectivity index (χ2v) is 9.41. The van der Waals surface area contributed by atoms with E-state index in [-0.39, 0.29) is 41.8 Å². The number of rotatable bonds is 1. The summed E-state index contributed by atoms with van der Waals surface area (Å²) in [5.74, 6) is -2.02. The van der Waals surface area contributed by atoms with E-state index < -0.39 is 34.7 Å². The summed E-state index contributed by atoms with van der Waals surface area (Å²) in [4.78, 5) is 23.0. The van der Waals surface area contributed by atoms with E-state index in [2.05, 4.69) is 0 Å². The molecule has 0 aromatic heterocycles. The summed E-state index contributed by atoms with van der Waals surface area (Å²) in [6.07, 6.45) is 1.74. The monoisotopic (exact) mass is 392 g/mol. The lowest BCUT2D eigenvalue weighted by molar-refractivity contribution is -0.191. The lowest BCUT2D eigenvalue weighted by atomic mass is 9.45. The Bertz CT molecular complexity index is 845. The van der Waals surface area contributed by atoms with E-state index in [1.54, 1.807) is 6.92 Å². The summed E-state index contributed by atoms with van der Waals surface area (Å²) in [6.45, 7) is 5.26. The Hall–Kier alpha value is -1.82. The number of allylic oxidation sites excluding steroid dienone is 6. The van der Waals surface area contributed by atoms with Crippen molar-refractivity contribution in [1.82, 2.24) is 0 Å². The van der Waals surface area contributed by atoms with Crippen molar-refractivity contribution in [3.63, 3.8) is 0 Å². The highest BCUT2D eigenvalue weighted by atomic mass is 19.1. The molecule has 0 amide bonds. The van der Waals surface area contributed by atoms with Gasteiger partial charge in [0.25, 0.3) is 0 Å². The van der Waals surface area contributed by atoms with Crippen LogP contribution in [-0.4, -0.2) is 40.2 Å². The van der Waals surface area contributed by atoms with Crippen molar-refractivity contribution < 1.29 is 28.6 Å². The van der Waals surface area contributed by atoms with Crippen LogP contribution in [0, 0.1) is 28.6 Å². The molecule has 4 rings (SSSR count). The van der Waals surface area contributed by atoms with Crippen LogP contribution in [0.15, 0.2) is 35.1 Å². The number of carbonyl (C=O) groups is 2. The Morgan fingerprint density at radius 1 is 1.29 bits per heavy atom. The third-order valence-electron chi connectivity index (χ3n) is 8.12. The average Bonchev–Trinajstić information content (AvgIpc) is 2.89. The Morgan fingerprint density at radius 2 is 1.96 bits per heavy atom. The lowest BCUT2D eigenvalue weighted by Gasteiger charge is -2.61. The van der Waals surface area contributed by atoms with Gasteiger partial charge in [-0.25, -0.2) is 8.78 Å². The Balaban J connectivity index is 1.88. The van der Waals surface area contributed by atoms with E-state index in [0.717, 1.165) is 0 Å². The number of carbonyl (C=O) groups excluding carboxylic acids is 2. The van der Waals surface area contributed by atoms with Gasteiger partial charge in [-0.3, -0.25) is 9.59 Å². The van der Waals surface area contributed by atoms with Gasteiger partial charge >= 0.3 is 0 Å². The highest BCUT2D eigenvalue weighted by Gasteiger charge is 2.72. The van der Waals surface area contributed by atoms with Crippen LogP contribution in [0.2, 0.25) is 0 Å². The summed E-state index contributed by atoms with van der Waals surface area (Å²) >= 11 is 0. The Labute approximate surface area is 163 Å². The summed E-state index contributed by atoms with van der Waals surface area (Å²) in [7, 11) is 0. The number of alkyl halides is 2. The molecule has 4 aliphatic rings. The lowest BCUT2D eigenvalue weighted by Crippen LogP contribution is -2.67. The fraction of sp³-hybridized carbons (Fsp3) is 0.636. The fourth-order valence-electron chi connectivity index (χ4n) is 6.97. The zero-order chi connectivity index (χ0) is 20.6. The quantitative estimate of drug-likeness (QED) is 0.407. The summed E-state index contributed by atoms with van der Waals surface area (Å²) < 4.78 is 32.0. The van der Waals surface area contributed by atoms with Gasteiger partial charge in [0.2, 0.25) is 0 Å². The molecule has 2 N–H and O–H groups in total. The molecule has 4 aliphatic carbocycles. The summed E-state index contributed by atoms with van der Waals surface area (Å²) in [5.41, 5.74) is -3.69. The molecule has 3 saturated carbocycles. The number of hydrogen-bond acceptors (Lipinski definition) is 4. The number of halogens is 2. The topological polar surface area (TPSA) is 74.6 Å². The number of fused-ring (bicyclic) bond motifs is 5. The molecule has 0 aliphatic heterocycles. The first-order chi connectivity index (χ1) is 13.0. The largest absolute Gasteiger partial charge is 0.505 e. The molecule has 0 saturated heterocycles. The van der Waals surface area contributed by atoms with Gasteiger partial charge in [0.1, 0.15) is 6.17 Å². The minimum absolute atomic E-state index is 0.0316. The van der Waals surface area contributed by atoms with Gasteiger partial charge in [-0.2, -0.15) is 0 Å². The maximum Gasteiger partial charge on any atom is 0.184 e. The molecule has 28 heavy (non-hydrogen) atoms. The van der Waals surface area contributed by atoms with Gasteiger partial charge in [-0.05, 0) is 66.7 Å². The third-order valence-corrected chi connectivity index (χ3v) is 8.12. The van der Waals surface area contributed by atoms with Gasteiger partial charge in [0, 0.05) is 11.3 Å². The molecule has 8 atom stereocenters. The van der Waals surface area contributed by atoms with E-state index in [0.29, 0.717) is 18.3 Å². The van der Waals surface area contributed by atoms with Crippen LogP contribution in [0.3, 0.4) is 0 Å². The standard InChI is InChI=1S/C22H26F2O4/c1-11-6-13-14-8-16(23)15-7-12(26)4-5-21(15,3)22(14,24)18(28)9-20(13,2)19(11)17(27)10-25/h4-5,7,10-11,13-14,16,18,27-28H,6,8-9H2,1-3H3/b19-17+/t11-,13+,14+,16+,18+,20+,21+,22+/m1/s1. The smallest absolute Gasteiger partial charge is 0.184 e. The Morgan fingerprint density at radius 3 is 2.61 bits per heavy atom. The second kappa shape index (κ2) is 5.85.